The minimum absolute atomic E-state index is 0.181. The number of allylic oxidation sites excluding steroid dienone is 1. The van der Waals surface area contributed by atoms with E-state index >= 15 is 0 Å². The van der Waals surface area contributed by atoms with Crippen LogP contribution in [0.4, 0.5) is 26.3 Å². The highest BCUT2D eigenvalue weighted by atomic mass is 19.3. The molecule has 0 saturated heterocycles. The van der Waals surface area contributed by atoms with Crippen molar-refractivity contribution in [1.82, 2.24) is 9.80 Å². The van der Waals surface area contributed by atoms with E-state index in [0.29, 0.717) is 0 Å². The van der Waals surface area contributed by atoms with Gasteiger partial charge in [-0.1, -0.05) is 80.1 Å². The predicted molar refractivity (Wildman–Crippen MR) is 161 cm³/mol. The summed E-state index contributed by atoms with van der Waals surface area (Å²) in [6, 6.07) is 0. The van der Waals surface area contributed by atoms with Crippen LogP contribution in [-0.4, -0.2) is 90.3 Å². The van der Waals surface area contributed by atoms with Crippen LogP contribution in [0.5, 0.6) is 0 Å². The Morgan fingerprint density at radius 2 is 0.905 bits per heavy atom. The van der Waals surface area contributed by atoms with Crippen molar-refractivity contribution in [3.8, 4) is 0 Å². The van der Waals surface area contributed by atoms with Crippen molar-refractivity contribution < 1.29 is 41.0 Å². The number of unbranched alkanes of at least 4 members (excludes halogenated alkanes) is 6. The van der Waals surface area contributed by atoms with Gasteiger partial charge in [-0.15, -0.1) is 0 Å². The molecule has 0 aromatic carbocycles. The van der Waals surface area contributed by atoms with Gasteiger partial charge in [0.1, 0.15) is 0 Å². The summed E-state index contributed by atoms with van der Waals surface area (Å²) in [5.41, 5.74) is 0. The van der Waals surface area contributed by atoms with Crippen LogP contribution in [0.1, 0.15) is 119 Å². The second kappa shape index (κ2) is 24.5. The number of rotatable bonds is 20. The van der Waals surface area contributed by atoms with Gasteiger partial charge in [-0.25, -0.2) is 8.78 Å². The molecule has 0 bridgehead atoms. The van der Waals surface area contributed by atoms with E-state index in [1.54, 1.807) is 0 Å². The molecule has 0 radical (unpaired) electrons. The molecule has 0 heterocycles. The number of hydrogen-bond acceptors (Lipinski definition) is 5. The summed E-state index contributed by atoms with van der Waals surface area (Å²) < 4.78 is 80.0. The topological polar surface area (TPSA) is 56.2 Å². The lowest BCUT2D eigenvalue weighted by atomic mass is 9.92. The highest BCUT2D eigenvalue weighted by Crippen LogP contribution is 2.51. The highest BCUT2D eigenvalue weighted by molar-refractivity contribution is 6.32. The van der Waals surface area contributed by atoms with Crippen LogP contribution >= 0.6 is 0 Å². The van der Waals surface area contributed by atoms with E-state index in [1.165, 1.54) is 116 Å². The Hall–Kier alpha value is -0.815. The average molecular weight is 621 g/mol. The molecule has 5 nitrogen and oxygen atoms in total. The van der Waals surface area contributed by atoms with E-state index in [1.807, 2.05) is 0 Å². The first-order chi connectivity index (χ1) is 19.7. The molecule has 0 spiro atoms. The molecule has 0 saturated carbocycles. The first-order valence-corrected chi connectivity index (χ1v) is 16.0. The fourth-order valence-corrected chi connectivity index (χ4v) is 4.06. The zero-order chi connectivity index (χ0) is 32.7. The van der Waals surface area contributed by atoms with E-state index in [4.69, 9.17) is 10.0 Å². The van der Waals surface area contributed by atoms with Crippen LogP contribution in [0.3, 0.4) is 0 Å². The second-order valence-corrected chi connectivity index (χ2v) is 10.9. The van der Waals surface area contributed by atoms with Gasteiger partial charge in [0.2, 0.25) is 0 Å². The smallest absolute Gasteiger partial charge is 0.402 e. The Labute approximate surface area is 252 Å². The maximum absolute atomic E-state index is 13.2. The molecule has 42 heavy (non-hydrogen) atoms. The van der Waals surface area contributed by atoms with Gasteiger partial charge in [-0.2, -0.15) is 17.6 Å². The third kappa shape index (κ3) is 16.9. The fourth-order valence-electron chi connectivity index (χ4n) is 4.06. The van der Waals surface area contributed by atoms with E-state index in [-0.39, 0.29) is 12.2 Å². The van der Waals surface area contributed by atoms with Crippen molar-refractivity contribution in [2.75, 3.05) is 39.3 Å². The summed E-state index contributed by atoms with van der Waals surface area (Å²) >= 11 is 0. The molecule has 12 heteroatoms. The minimum Gasteiger partial charge on any atom is -0.402 e. The molecular weight excluding hydrogens is 561 g/mol. The molecule has 0 fully saturated rings. The summed E-state index contributed by atoms with van der Waals surface area (Å²) in [6.07, 6.45) is 12.3. The maximum atomic E-state index is 13.2. The van der Waals surface area contributed by atoms with Crippen molar-refractivity contribution in [2.45, 2.75) is 142 Å². The SMILES string of the molecule is CCCCN(CCCC)CCCC.CCCCN(CCCC)CCCC.OB(O)OC1(F)C=CC(F)C(F)(F)C1(F)F. The van der Waals surface area contributed by atoms with Crippen LogP contribution in [-0.2, 0) is 4.65 Å². The Kier molecular flexibility index (Phi) is 25.3. The first-order valence-electron chi connectivity index (χ1n) is 16.0. The monoisotopic (exact) mass is 620 g/mol. The normalized spacial score (nSPS) is 20.6. The van der Waals surface area contributed by atoms with Gasteiger partial charge < -0.3 is 24.5 Å². The van der Waals surface area contributed by atoms with Crippen molar-refractivity contribution in [1.29, 1.82) is 0 Å². The van der Waals surface area contributed by atoms with E-state index in [0.717, 1.165) is 0 Å². The molecule has 2 atom stereocenters. The fraction of sp³-hybridized carbons (Fsp3) is 0.933. The molecule has 1 rings (SSSR count). The molecule has 0 aromatic heterocycles. The van der Waals surface area contributed by atoms with Gasteiger partial charge in [-0.3, -0.25) is 0 Å². The largest absolute Gasteiger partial charge is 0.636 e. The van der Waals surface area contributed by atoms with Gasteiger partial charge in [0.05, 0.1) is 0 Å². The van der Waals surface area contributed by atoms with Crippen LogP contribution in [0.15, 0.2) is 12.2 Å². The van der Waals surface area contributed by atoms with Crippen molar-refractivity contribution in [3.63, 3.8) is 0 Å². The van der Waals surface area contributed by atoms with E-state index in [2.05, 4.69) is 56.0 Å². The summed E-state index contributed by atoms with van der Waals surface area (Å²) in [5.74, 6) is -15.4. The van der Waals surface area contributed by atoms with Gasteiger partial charge >= 0.3 is 19.2 Å². The van der Waals surface area contributed by atoms with Crippen LogP contribution in [0.2, 0.25) is 0 Å². The van der Waals surface area contributed by atoms with Crippen molar-refractivity contribution in [2.24, 2.45) is 0 Å². The lowest BCUT2D eigenvalue weighted by Crippen LogP contribution is -2.63. The Bertz CT molecular complexity index is 602. The number of nitrogens with zero attached hydrogens (tertiary/aromatic N) is 2. The number of hydrogen-bond donors (Lipinski definition) is 2. The Morgan fingerprint density at radius 3 is 1.14 bits per heavy atom. The molecule has 1 aliphatic carbocycles. The van der Waals surface area contributed by atoms with Gasteiger partial charge in [-0.05, 0) is 89.9 Å². The molecule has 2 unspecified atom stereocenters. The maximum Gasteiger partial charge on any atom is 0.636 e. The van der Waals surface area contributed by atoms with Crippen LogP contribution < -0.4 is 0 Å². The van der Waals surface area contributed by atoms with Crippen molar-refractivity contribution >= 4 is 7.32 Å². The summed E-state index contributed by atoms with van der Waals surface area (Å²) in [5, 5.41) is 16.3. The summed E-state index contributed by atoms with van der Waals surface area (Å²) in [4.78, 5) is 5.27. The molecule has 252 valence electrons. The Morgan fingerprint density at radius 1 is 0.619 bits per heavy atom. The molecule has 0 aliphatic heterocycles. The zero-order valence-electron chi connectivity index (χ0n) is 27.0. The predicted octanol–water partition coefficient (Wildman–Crippen LogP) is 8.19. The average Bonchev–Trinajstić information content (AvgIpc) is 2.94. The molecule has 0 amide bonds. The third-order valence-electron chi connectivity index (χ3n) is 6.92. The second-order valence-electron chi connectivity index (χ2n) is 10.9. The summed E-state index contributed by atoms with van der Waals surface area (Å²) in [7, 11) is -3.05. The highest BCUT2D eigenvalue weighted by Gasteiger charge is 2.75. The molecular formula is C30H59BF6N2O3. The van der Waals surface area contributed by atoms with E-state index in [9.17, 15) is 26.3 Å². The standard InChI is InChI=1S/2C12H27N.C6H5BF6O3/c2*1-4-7-10-13(11-8-5-2)12-9-6-3;8-3-1-2-4(9,16-7(14)15)6(12,13)5(3,10)11/h2*4-12H2,1-3H3;1-3,14-15H. The van der Waals surface area contributed by atoms with Gasteiger partial charge in [0.25, 0.3) is 5.85 Å². The minimum atomic E-state index is -5.57. The lowest BCUT2D eigenvalue weighted by molar-refractivity contribution is -0.329. The van der Waals surface area contributed by atoms with Crippen LogP contribution in [0.25, 0.3) is 0 Å². The summed E-state index contributed by atoms with van der Waals surface area (Å²) in [6.45, 7) is 21.5. The zero-order valence-corrected chi connectivity index (χ0v) is 27.0. The quantitative estimate of drug-likeness (QED) is 0.0817. The Balaban J connectivity index is 0. The molecule has 2 N–H and O–H groups in total. The van der Waals surface area contributed by atoms with Crippen LogP contribution in [0, 0.1) is 0 Å². The molecule has 1 aliphatic rings. The van der Waals surface area contributed by atoms with Crippen molar-refractivity contribution in [3.05, 3.63) is 12.2 Å². The number of halogens is 6. The first kappa shape index (κ1) is 43.3. The lowest BCUT2D eigenvalue weighted by Gasteiger charge is -2.39. The molecule has 0 aromatic rings. The van der Waals surface area contributed by atoms with Gasteiger partial charge in [0, 0.05) is 0 Å². The van der Waals surface area contributed by atoms with Gasteiger partial charge in [0.15, 0.2) is 6.17 Å². The number of alkyl halides is 6. The third-order valence-corrected chi connectivity index (χ3v) is 6.92. The van der Waals surface area contributed by atoms with E-state index < -0.39 is 31.2 Å².